The number of carbonyl (C=O) groups is 1. The number of halogens is 1. The van der Waals surface area contributed by atoms with Gasteiger partial charge in [-0.25, -0.2) is 0 Å². The first-order valence-corrected chi connectivity index (χ1v) is 13.1. The third kappa shape index (κ3) is 3.36. The van der Waals surface area contributed by atoms with Crippen LogP contribution in [0.25, 0.3) is 0 Å². The summed E-state index contributed by atoms with van der Waals surface area (Å²) in [5.41, 5.74) is 3.74. The molecule has 2 fully saturated rings. The molecular formula is C27H31BrN4O. The van der Waals surface area contributed by atoms with Gasteiger partial charge in [0.2, 0.25) is 0 Å². The molecule has 2 saturated heterocycles. The second-order valence-corrected chi connectivity index (χ2v) is 11.0. The fourth-order valence-electron chi connectivity index (χ4n) is 6.67. The summed E-state index contributed by atoms with van der Waals surface area (Å²) >= 11 is 3.67. The molecule has 0 saturated carbocycles. The predicted molar refractivity (Wildman–Crippen MR) is 137 cm³/mol. The van der Waals surface area contributed by atoms with E-state index in [-0.39, 0.29) is 11.9 Å². The number of fused-ring (bicyclic) bond motifs is 4. The van der Waals surface area contributed by atoms with Crippen LogP contribution in [0.3, 0.4) is 0 Å². The summed E-state index contributed by atoms with van der Waals surface area (Å²) in [7, 11) is 0. The third-order valence-corrected chi connectivity index (χ3v) is 8.83. The van der Waals surface area contributed by atoms with E-state index in [1.807, 2.05) is 30.3 Å². The number of benzene rings is 2. The lowest BCUT2D eigenvalue weighted by molar-refractivity contribution is -0.125. The quantitative estimate of drug-likeness (QED) is 0.559. The van der Waals surface area contributed by atoms with Crippen LogP contribution in [0.4, 0.5) is 11.4 Å². The number of hydrogen-bond donors (Lipinski definition) is 0. The molecule has 172 valence electrons. The Morgan fingerprint density at radius 2 is 1.82 bits per heavy atom. The molecule has 2 aromatic rings. The first-order valence-electron chi connectivity index (χ1n) is 12.3. The molecule has 5 nitrogen and oxygen atoms in total. The zero-order valence-electron chi connectivity index (χ0n) is 19.2. The highest BCUT2D eigenvalue weighted by molar-refractivity contribution is 9.10. The lowest BCUT2D eigenvalue weighted by Crippen LogP contribution is -2.64. The van der Waals surface area contributed by atoms with Crippen molar-refractivity contribution in [3.63, 3.8) is 0 Å². The minimum atomic E-state index is -0.613. The number of hydrogen-bond acceptors (Lipinski definition) is 4. The van der Waals surface area contributed by atoms with E-state index in [1.165, 1.54) is 43.6 Å². The van der Waals surface area contributed by atoms with E-state index < -0.39 is 5.41 Å². The Hall–Kier alpha value is -2.18. The van der Waals surface area contributed by atoms with Crippen molar-refractivity contribution in [2.24, 2.45) is 10.5 Å². The minimum absolute atomic E-state index is 0.131. The lowest BCUT2D eigenvalue weighted by Gasteiger charge is -2.54. The summed E-state index contributed by atoms with van der Waals surface area (Å²) in [5.74, 6) is 0.131. The standard InChI is InChI=1S/C27H31BrN4O/c1-19-27(26(33)32(29-19)22-8-4-2-5-9-22)18-20-16-21(28)10-11-24(20)31-15-12-23(17-25(27)31)30-13-6-3-7-14-30/h2,4-5,8-11,16,23,25H,3,6-7,12-15,17-18H2,1H3/t23-,25-,27+/m1/s1. The molecule has 0 N–H and O–H groups in total. The van der Waals surface area contributed by atoms with Crippen LogP contribution in [0.15, 0.2) is 58.1 Å². The van der Waals surface area contributed by atoms with Gasteiger partial charge in [0.15, 0.2) is 0 Å². The Labute approximate surface area is 204 Å². The van der Waals surface area contributed by atoms with E-state index in [0.29, 0.717) is 12.5 Å². The molecule has 1 spiro atoms. The Morgan fingerprint density at radius 3 is 2.61 bits per heavy atom. The van der Waals surface area contributed by atoms with Crippen molar-refractivity contribution >= 4 is 38.9 Å². The van der Waals surface area contributed by atoms with E-state index in [0.717, 1.165) is 35.3 Å². The van der Waals surface area contributed by atoms with Crippen LogP contribution >= 0.6 is 15.9 Å². The molecule has 6 heteroatoms. The van der Waals surface area contributed by atoms with Gasteiger partial charge in [-0.1, -0.05) is 40.5 Å². The fraction of sp³-hybridized carbons (Fsp3) is 0.481. The van der Waals surface area contributed by atoms with Crippen LogP contribution < -0.4 is 9.91 Å². The van der Waals surface area contributed by atoms with Crippen LogP contribution in [0.2, 0.25) is 0 Å². The molecule has 0 radical (unpaired) electrons. The normalized spacial score (nSPS) is 29.8. The molecule has 6 rings (SSSR count). The number of hydrazone groups is 1. The van der Waals surface area contributed by atoms with E-state index in [4.69, 9.17) is 5.10 Å². The second kappa shape index (κ2) is 8.24. The lowest BCUT2D eigenvalue weighted by atomic mass is 9.65. The molecule has 2 aromatic carbocycles. The van der Waals surface area contributed by atoms with Gasteiger partial charge in [0.25, 0.3) is 5.91 Å². The van der Waals surface area contributed by atoms with E-state index in [2.05, 4.69) is 50.9 Å². The topological polar surface area (TPSA) is 39.2 Å². The summed E-state index contributed by atoms with van der Waals surface area (Å²) < 4.78 is 1.07. The molecule has 4 aliphatic rings. The zero-order valence-corrected chi connectivity index (χ0v) is 20.8. The van der Waals surface area contributed by atoms with Gasteiger partial charge in [0.1, 0.15) is 5.41 Å². The average Bonchev–Trinajstić information content (AvgIpc) is 3.10. The molecule has 4 heterocycles. The number of para-hydroxylation sites is 1. The van der Waals surface area contributed by atoms with Crippen molar-refractivity contribution in [1.29, 1.82) is 0 Å². The zero-order chi connectivity index (χ0) is 22.6. The summed E-state index contributed by atoms with van der Waals surface area (Å²) in [6.45, 7) is 5.47. The highest BCUT2D eigenvalue weighted by Gasteiger charge is 2.60. The van der Waals surface area contributed by atoms with Crippen LogP contribution in [0, 0.1) is 5.41 Å². The number of rotatable bonds is 2. The van der Waals surface area contributed by atoms with E-state index in [9.17, 15) is 4.79 Å². The summed E-state index contributed by atoms with van der Waals surface area (Å²) in [6, 6.07) is 17.2. The molecule has 3 atom stereocenters. The summed E-state index contributed by atoms with van der Waals surface area (Å²) in [6.07, 6.45) is 6.85. The van der Waals surface area contributed by atoms with Crippen LogP contribution in [0.5, 0.6) is 0 Å². The number of likely N-dealkylation sites (tertiary alicyclic amines) is 1. The highest BCUT2D eigenvalue weighted by atomic mass is 79.9. The summed E-state index contributed by atoms with van der Waals surface area (Å²) in [4.78, 5) is 19.5. The Balaban J connectivity index is 1.43. The fourth-order valence-corrected chi connectivity index (χ4v) is 7.08. The SMILES string of the molecule is CC1=NN(c2ccccc2)C(=O)[C@@]12Cc1cc(Br)ccc1N1CC[C@@H](N3CCCCC3)C[C@@H]12. The molecular weight excluding hydrogens is 476 g/mol. The molecule has 0 bridgehead atoms. The van der Waals surface area contributed by atoms with Gasteiger partial charge in [-0.3, -0.25) is 4.79 Å². The van der Waals surface area contributed by atoms with E-state index >= 15 is 0 Å². The van der Waals surface area contributed by atoms with Gasteiger partial charge in [0.05, 0.1) is 17.4 Å². The van der Waals surface area contributed by atoms with Crippen LogP contribution in [-0.4, -0.2) is 48.2 Å². The van der Waals surface area contributed by atoms with E-state index in [1.54, 1.807) is 5.01 Å². The second-order valence-electron chi connectivity index (χ2n) is 10.0. The van der Waals surface area contributed by atoms with Gasteiger partial charge < -0.3 is 9.80 Å². The van der Waals surface area contributed by atoms with Gasteiger partial charge in [-0.15, -0.1) is 0 Å². The maximum absolute atomic E-state index is 14.3. The molecule has 1 amide bonds. The number of amides is 1. The minimum Gasteiger partial charge on any atom is -0.367 e. The molecule has 0 unspecified atom stereocenters. The Morgan fingerprint density at radius 1 is 1.03 bits per heavy atom. The van der Waals surface area contributed by atoms with Crippen LogP contribution in [0.1, 0.15) is 44.6 Å². The van der Waals surface area contributed by atoms with Gasteiger partial charge in [-0.2, -0.15) is 10.1 Å². The largest absolute Gasteiger partial charge is 0.367 e. The molecule has 0 aromatic heterocycles. The smallest absolute Gasteiger partial charge is 0.261 e. The Bertz CT molecular complexity index is 1100. The number of piperidine rings is 2. The maximum Gasteiger partial charge on any atom is 0.261 e. The summed E-state index contributed by atoms with van der Waals surface area (Å²) in [5, 5.41) is 6.56. The van der Waals surface area contributed by atoms with Gasteiger partial charge in [-0.05, 0) is 88.0 Å². The highest BCUT2D eigenvalue weighted by Crippen LogP contribution is 2.50. The third-order valence-electron chi connectivity index (χ3n) is 8.34. The molecule has 33 heavy (non-hydrogen) atoms. The molecule has 4 aliphatic heterocycles. The van der Waals surface area contributed by atoms with Crippen LogP contribution in [-0.2, 0) is 11.2 Å². The Kier molecular flexibility index (Phi) is 5.33. The number of nitrogens with zero attached hydrogens (tertiary/aromatic N) is 4. The number of carbonyl (C=O) groups excluding carboxylic acids is 1. The monoisotopic (exact) mass is 506 g/mol. The first kappa shape index (κ1) is 21.4. The average molecular weight is 507 g/mol. The van der Waals surface area contributed by atoms with Crippen molar-refractivity contribution in [2.75, 3.05) is 29.5 Å². The van der Waals surface area contributed by atoms with Crippen molar-refractivity contribution in [1.82, 2.24) is 4.90 Å². The maximum atomic E-state index is 14.3. The predicted octanol–water partition coefficient (Wildman–Crippen LogP) is 5.24. The van der Waals surface area contributed by atoms with Crippen molar-refractivity contribution in [3.8, 4) is 0 Å². The van der Waals surface area contributed by atoms with Crippen molar-refractivity contribution < 1.29 is 4.79 Å². The molecule has 0 aliphatic carbocycles. The van der Waals surface area contributed by atoms with Crippen molar-refractivity contribution in [2.45, 2.75) is 57.5 Å². The number of anilines is 2. The van der Waals surface area contributed by atoms with Gasteiger partial charge in [0, 0.05) is 22.7 Å². The van der Waals surface area contributed by atoms with Crippen molar-refractivity contribution in [3.05, 3.63) is 58.6 Å². The van der Waals surface area contributed by atoms with Gasteiger partial charge >= 0.3 is 0 Å². The first-order chi connectivity index (χ1) is 16.1.